The van der Waals surface area contributed by atoms with E-state index in [-0.39, 0.29) is 0 Å². The van der Waals surface area contributed by atoms with E-state index in [0.717, 1.165) is 0 Å². The Bertz CT molecular complexity index is 565. The van der Waals surface area contributed by atoms with Crippen LogP contribution in [0.25, 0.3) is 0 Å². The van der Waals surface area contributed by atoms with E-state index in [0.29, 0.717) is 17.3 Å². The molecule has 0 aliphatic rings. The molecule has 88 valence electrons. The summed E-state index contributed by atoms with van der Waals surface area (Å²) in [6.45, 7) is 0. The fourth-order valence-corrected chi connectivity index (χ4v) is 5.21. The number of hydrogen-bond donors (Lipinski definition) is 0. The van der Waals surface area contributed by atoms with Crippen LogP contribution in [0.15, 0.2) is 48.5 Å². The monoisotopic (exact) mass is 384 g/mol. The topological polar surface area (TPSA) is 34.1 Å². The Kier molecular flexibility index (Phi) is 3.75. The number of benzene rings is 2. The molecule has 2 nitrogen and oxygen atoms in total. The van der Waals surface area contributed by atoms with Gasteiger partial charge < -0.3 is 0 Å². The van der Waals surface area contributed by atoms with Crippen molar-refractivity contribution < 1.29 is 6.21 Å². The fourth-order valence-electron chi connectivity index (χ4n) is 1.36. The molecule has 5 heteroatoms. The average molecular weight is 383 g/mol. The van der Waals surface area contributed by atoms with Gasteiger partial charge in [-0.05, 0) is 0 Å². The molecule has 0 unspecified atom stereocenters. The Morgan fingerprint density at radius 1 is 0.647 bits per heavy atom. The first kappa shape index (κ1) is 12.9. The molecule has 0 bridgehead atoms. The quantitative estimate of drug-likeness (QED) is 0.748. The van der Waals surface area contributed by atoms with E-state index < -0.39 is 18.1 Å². The van der Waals surface area contributed by atoms with Crippen LogP contribution in [0.3, 0.4) is 0 Å². The van der Waals surface area contributed by atoms with Crippen LogP contribution >= 0.6 is 23.2 Å². The van der Waals surface area contributed by atoms with Gasteiger partial charge in [-0.25, -0.2) is 0 Å². The molecular formula is C12H8Cl2O2Te. The fraction of sp³-hybridized carbons (Fsp3) is 0. The second-order valence-electron chi connectivity index (χ2n) is 3.41. The van der Waals surface area contributed by atoms with Crippen molar-refractivity contribution in [1.82, 2.24) is 0 Å². The minimum absolute atomic E-state index is 0.319. The van der Waals surface area contributed by atoms with Crippen LogP contribution in [0.1, 0.15) is 0 Å². The van der Waals surface area contributed by atoms with Gasteiger partial charge in [-0.2, -0.15) is 0 Å². The Morgan fingerprint density at radius 3 is 1.24 bits per heavy atom. The van der Waals surface area contributed by atoms with Gasteiger partial charge in [0.25, 0.3) is 0 Å². The van der Waals surface area contributed by atoms with Gasteiger partial charge in [0.05, 0.1) is 0 Å². The van der Waals surface area contributed by atoms with Gasteiger partial charge in [-0.15, -0.1) is 0 Å². The maximum absolute atomic E-state index is 12.3. The van der Waals surface area contributed by atoms with Crippen molar-refractivity contribution in [2.24, 2.45) is 0 Å². The second kappa shape index (κ2) is 4.96. The van der Waals surface area contributed by atoms with E-state index in [1.165, 1.54) is 24.3 Å². The molecule has 0 radical (unpaired) electrons. The van der Waals surface area contributed by atoms with Crippen LogP contribution in [-0.4, -0.2) is 18.1 Å². The third kappa shape index (κ3) is 2.81. The average Bonchev–Trinajstić information content (AvgIpc) is 2.30. The molecule has 2 aromatic rings. The van der Waals surface area contributed by atoms with Crippen LogP contribution in [0.2, 0.25) is 10.0 Å². The summed E-state index contributed by atoms with van der Waals surface area (Å²) in [5, 5.41) is 1.03. The van der Waals surface area contributed by atoms with Gasteiger partial charge in [0.2, 0.25) is 0 Å². The summed E-state index contributed by atoms with van der Waals surface area (Å²) >= 11 is 6.76. The van der Waals surface area contributed by atoms with Crippen LogP contribution in [0.4, 0.5) is 0 Å². The molecule has 0 saturated carbocycles. The molecule has 0 saturated heterocycles. The van der Waals surface area contributed by atoms with Gasteiger partial charge >= 0.3 is 113 Å². The molecule has 0 aliphatic carbocycles. The Hall–Kier alpha value is -0.590. The third-order valence-electron chi connectivity index (χ3n) is 2.25. The maximum atomic E-state index is 12.3. The zero-order valence-corrected chi connectivity index (χ0v) is 12.4. The predicted molar refractivity (Wildman–Crippen MR) is 69.3 cm³/mol. The molecule has 0 aliphatic heterocycles. The van der Waals surface area contributed by atoms with Crippen LogP contribution < -0.4 is 7.22 Å². The van der Waals surface area contributed by atoms with Gasteiger partial charge in [-0.3, -0.25) is 0 Å². The van der Waals surface area contributed by atoms with Crippen molar-refractivity contribution in [3.8, 4) is 0 Å². The molecule has 0 amide bonds. The van der Waals surface area contributed by atoms with E-state index in [1.54, 1.807) is 24.3 Å². The first-order valence-electron chi connectivity index (χ1n) is 4.76. The van der Waals surface area contributed by atoms with Crippen molar-refractivity contribution in [2.75, 3.05) is 0 Å². The Morgan fingerprint density at radius 2 is 0.941 bits per heavy atom. The van der Waals surface area contributed by atoms with Crippen LogP contribution in [-0.2, 0) is 6.21 Å². The molecule has 0 spiro atoms. The molecule has 17 heavy (non-hydrogen) atoms. The van der Waals surface area contributed by atoms with Crippen molar-refractivity contribution in [3.05, 3.63) is 58.6 Å². The van der Waals surface area contributed by atoms with E-state index in [1.807, 2.05) is 0 Å². The minimum atomic E-state index is -4.70. The molecule has 2 aromatic carbocycles. The predicted octanol–water partition coefficient (Wildman–Crippen LogP) is 2.41. The second-order valence-corrected chi connectivity index (χ2v) is 9.85. The summed E-state index contributed by atoms with van der Waals surface area (Å²) < 4.78 is 25.2. The molecular weight excluding hydrogens is 375 g/mol. The summed E-state index contributed by atoms with van der Waals surface area (Å²) in [6.07, 6.45) is 0. The SMILES string of the molecule is O=[Te](=O)(c1ccc(Cl)cc1)c1ccc(Cl)cc1. The van der Waals surface area contributed by atoms with E-state index in [9.17, 15) is 6.21 Å². The first-order valence-corrected chi connectivity index (χ1v) is 9.75. The van der Waals surface area contributed by atoms with Crippen molar-refractivity contribution in [3.63, 3.8) is 0 Å². The van der Waals surface area contributed by atoms with Crippen molar-refractivity contribution in [2.45, 2.75) is 0 Å². The molecule has 0 aromatic heterocycles. The van der Waals surface area contributed by atoms with Gasteiger partial charge in [0, 0.05) is 0 Å². The van der Waals surface area contributed by atoms with Crippen LogP contribution in [0, 0.1) is 0 Å². The number of hydrogen-bond acceptors (Lipinski definition) is 2. The van der Waals surface area contributed by atoms with Gasteiger partial charge in [0.1, 0.15) is 0 Å². The first-order chi connectivity index (χ1) is 8.00. The standard InChI is InChI=1S/C12H8Cl2O2Te/c13-9-1-5-11(6-2-9)17(15,16)12-7-3-10(14)4-8-12/h1-8H. The molecule has 0 atom stereocenters. The number of rotatable bonds is 2. The van der Waals surface area contributed by atoms with Crippen LogP contribution in [0.5, 0.6) is 0 Å². The zero-order valence-electron chi connectivity index (χ0n) is 8.60. The van der Waals surface area contributed by atoms with E-state index in [4.69, 9.17) is 23.2 Å². The molecule has 2 rings (SSSR count). The van der Waals surface area contributed by atoms with E-state index in [2.05, 4.69) is 0 Å². The van der Waals surface area contributed by atoms with Crippen molar-refractivity contribution >= 4 is 48.6 Å². The van der Waals surface area contributed by atoms with Crippen molar-refractivity contribution in [1.29, 1.82) is 0 Å². The Labute approximate surface area is 113 Å². The summed E-state index contributed by atoms with van der Waals surface area (Å²) in [4.78, 5) is 0. The molecule has 0 fully saturated rings. The zero-order chi connectivity index (χ0) is 12.5. The Balaban J connectivity index is 2.50. The molecule has 0 heterocycles. The summed E-state index contributed by atoms with van der Waals surface area (Å²) in [7, 11) is 0. The third-order valence-corrected chi connectivity index (χ3v) is 7.85. The van der Waals surface area contributed by atoms with Gasteiger partial charge in [-0.1, -0.05) is 0 Å². The van der Waals surface area contributed by atoms with Gasteiger partial charge in [0.15, 0.2) is 0 Å². The summed E-state index contributed by atoms with van der Waals surface area (Å²) in [5.41, 5.74) is 0. The normalized spacial score (nSPS) is 11.4. The summed E-state index contributed by atoms with van der Waals surface area (Å²) in [5.74, 6) is 0. The van der Waals surface area contributed by atoms with E-state index >= 15 is 0 Å². The number of halogens is 2. The molecule has 0 N–H and O–H groups in total. The summed E-state index contributed by atoms with van der Waals surface area (Å²) in [6, 6.07) is 12.4.